The van der Waals surface area contributed by atoms with Gasteiger partial charge in [0.2, 0.25) is 0 Å². The Bertz CT molecular complexity index is 535. The number of carbonyl (C=O) groups is 2. The number of hydrogen-bond acceptors (Lipinski definition) is 4. The number of ether oxygens (including phenoxy) is 1. The largest absolute Gasteiger partial charge is 0.869 e. The lowest BCUT2D eigenvalue weighted by molar-refractivity contribution is -0.360. The van der Waals surface area contributed by atoms with E-state index < -0.39 is 34.8 Å². The first kappa shape index (κ1) is 16.6. The Labute approximate surface area is 125 Å². The van der Waals surface area contributed by atoms with E-state index in [4.69, 9.17) is 4.74 Å². The van der Waals surface area contributed by atoms with Crippen molar-refractivity contribution in [3.63, 3.8) is 0 Å². The Hall–Kier alpha value is -1.73. The average Bonchev–Trinajstić information content (AvgIpc) is 2.89. The van der Waals surface area contributed by atoms with E-state index in [0.29, 0.717) is 6.42 Å². The SMILES string of the molecule is CC(C)(C)OC(=O)N1C[C@@H]2C[C@]2(C(=O)/C=C(\[O-])C(F)(F)F)C1. The number of ketones is 1. The molecule has 0 radical (unpaired) electrons. The van der Waals surface area contributed by atoms with Crippen molar-refractivity contribution < 1.29 is 32.6 Å². The van der Waals surface area contributed by atoms with E-state index in [0.717, 1.165) is 0 Å². The highest BCUT2D eigenvalue weighted by molar-refractivity contribution is 5.98. The summed E-state index contributed by atoms with van der Waals surface area (Å²) in [5.74, 6) is -3.22. The molecule has 1 amide bonds. The number of allylic oxidation sites excluding steroid dienone is 2. The van der Waals surface area contributed by atoms with Crippen molar-refractivity contribution in [2.45, 2.75) is 39.0 Å². The molecule has 2 atom stereocenters. The number of nitrogens with zero attached hydrogens (tertiary/aromatic N) is 1. The zero-order chi connectivity index (χ0) is 16.9. The Morgan fingerprint density at radius 2 is 1.91 bits per heavy atom. The van der Waals surface area contributed by atoms with Crippen molar-refractivity contribution in [2.75, 3.05) is 13.1 Å². The van der Waals surface area contributed by atoms with Gasteiger partial charge in [0.25, 0.3) is 0 Å². The molecule has 2 fully saturated rings. The van der Waals surface area contributed by atoms with Gasteiger partial charge in [-0.15, -0.1) is 0 Å². The smallest absolute Gasteiger partial charge is 0.410 e. The Morgan fingerprint density at radius 1 is 1.32 bits per heavy atom. The van der Waals surface area contributed by atoms with Crippen molar-refractivity contribution in [1.82, 2.24) is 4.90 Å². The summed E-state index contributed by atoms with van der Waals surface area (Å²) >= 11 is 0. The fraction of sp³-hybridized carbons (Fsp3) is 0.714. The van der Waals surface area contributed by atoms with Gasteiger partial charge in [0.15, 0.2) is 5.78 Å². The number of piperidine rings is 1. The Balaban J connectivity index is 2.04. The van der Waals surface area contributed by atoms with Crippen LogP contribution in [0.5, 0.6) is 0 Å². The molecule has 1 aliphatic carbocycles. The van der Waals surface area contributed by atoms with Crippen molar-refractivity contribution >= 4 is 11.9 Å². The molecule has 2 rings (SSSR count). The van der Waals surface area contributed by atoms with Gasteiger partial charge in [0.1, 0.15) is 5.60 Å². The monoisotopic (exact) mass is 320 g/mol. The molecule has 0 aromatic rings. The highest BCUT2D eigenvalue weighted by Crippen LogP contribution is 2.58. The van der Waals surface area contributed by atoms with Crippen LogP contribution in [0.3, 0.4) is 0 Å². The lowest BCUT2D eigenvalue weighted by Gasteiger charge is -2.26. The van der Waals surface area contributed by atoms with Crippen LogP contribution in [0.15, 0.2) is 11.8 Å². The molecule has 1 aliphatic heterocycles. The molecule has 0 unspecified atom stereocenters. The fourth-order valence-corrected chi connectivity index (χ4v) is 2.67. The van der Waals surface area contributed by atoms with Crippen LogP contribution >= 0.6 is 0 Å². The van der Waals surface area contributed by atoms with E-state index in [2.05, 4.69) is 0 Å². The first-order valence-corrected chi connectivity index (χ1v) is 6.83. The minimum atomic E-state index is -5.06. The lowest BCUT2D eigenvalue weighted by atomic mass is 9.99. The molecule has 0 aromatic carbocycles. The third-order valence-corrected chi connectivity index (χ3v) is 3.83. The van der Waals surface area contributed by atoms with Gasteiger partial charge in [-0.05, 0) is 44.9 Å². The number of carbonyl (C=O) groups excluding carboxylic acids is 2. The molecule has 124 valence electrons. The summed E-state index contributed by atoms with van der Waals surface area (Å²) in [5.41, 5.74) is -1.74. The van der Waals surface area contributed by atoms with E-state index in [1.165, 1.54) is 4.90 Å². The molecule has 1 saturated heterocycles. The van der Waals surface area contributed by atoms with Gasteiger partial charge >= 0.3 is 12.3 Å². The first-order chi connectivity index (χ1) is 9.85. The van der Waals surface area contributed by atoms with Crippen LogP contribution in [0.25, 0.3) is 0 Å². The van der Waals surface area contributed by atoms with Crippen molar-refractivity contribution in [1.29, 1.82) is 0 Å². The Morgan fingerprint density at radius 3 is 2.41 bits per heavy atom. The van der Waals surface area contributed by atoms with E-state index in [1.807, 2.05) is 0 Å². The van der Waals surface area contributed by atoms with Crippen LogP contribution in [-0.2, 0) is 9.53 Å². The number of likely N-dealkylation sites (tertiary alicyclic amines) is 1. The summed E-state index contributed by atoms with van der Waals surface area (Å²) in [6.45, 7) is 5.33. The highest BCUT2D eigenvalue weighted by atomic mass is 19.4. The predicted molar refractivity (Wildman–Crippen MR) is 67.5 cm³/mol. The maximum Gasteiger partial charge on any atom is 0.410 e. The lowest BCUT2D eigenvalue weighted by Crippen LogP contribution is -2.38. The van der Waals surface area contributed by atoms with Crippen LogP contribution in [0.2, 0.25) is 0 Å². The summed E-state index contributed by atoms with van der Waals surface area (Å²) in [7, 11) is 0. The van der Waals surface area contributed by atoms with Crippen molar-refractivity contribution in [2.24, 2.45) is 11.3 Å². The minimum Gasteiger partial charge on any atom is -0.869 e. The second kappa shape index (κ2) is 4.89. The predicted octanol–water partition coefficient (Wildman–Crippen LogP) is 1.62. The normalized spacial score (nSPS) is 28.4. The summed E-state index contributed by atoms with van der Waals surface area (Å²) in [4.78, 5) is 25.2. The van der Waals surface area contributed by atoms with Crippen LogP contribution in [0.1, 0.15) is 27.2 Å². The molecule has 22 heavy (non-hydrogen) atoms. The second-order valence-corrected chi connectivity index (χ2v) is 6.79. The van der Waals surface area contributed by atoms with Gasteiger partial charge < -0.3 is 14.7 Å². The van der Waals surface area contributed by atoms with E-state index in [-0.39, 0.29) is 25.1 Å². The molecule has 2 aliphatic rings. The van der Waals surface area contributed by atoms with E-state index in [9.17, 15) is 27.9 Å². The van der Waals surface area contributed by atoms with E-state index >= 15 is 0 Å². The standard InChI is InChI=1S/C14H18F3NO4/c1-12(2,3)22-11(21)18-6-8-5-13(8,7-18)9(19)4-10(20)14(15,16)17/h4,8,20H,5-7H2,1-3H3/p-1/b10-4-/t8-,13-/m0/s1. The maximum atomic E-state index is 12.2. The second-order valence-electron chi connectivity index (χ2n) is 6.79. The number of rotatable bonds is 2. The molecule has 0 N–H and O–H groups in total. The molecule has 1 heterocycles. The first-order valence-electron chi connectivity index (χ1n) is 6.83. The number of alkyl halides is 3. The maximum absolute atomic E-state index is 12.2. The third-order valence-electron chi connectivity index (χ3n) is 3.83. The zero-order valence-corrected chi connectivity index (χ0v) is 12.5. The topological polar surface area (TPSA) is 69.7 Å². The summed E-state index contributed by atoms with van der Waals surface area (Å²) in [6, 6.07) is 0. The van der Waals surface area contributed by atoms with Crippen LogP contribution in [0, 0.1) is 11.3 Å². The van der Waals surface area contributed by atoms with Gasteiger partial charge in [-0.3, -0.25) is 4.79 Å². The van der Waals surface area contributed by atoms with Crippen LogP contribution in [-0.4, -0.2) is 41.6 Å². The highest BCUT2D eigenvalue weighted by Gasteiger charge is 2.65. The quantitative estimate of drug-likeness (QED) is 0.573. The van der Waals surface area contributed by atoms with Gasteiger partial charge in [-0.2, -0.15) is 13.2 Å². The van der Waals surface area contributed by atoms with Gasteiger partial charge in [-0.25, -0.2) is 4.79 Å². The Kier molecular flexibility index (Phi) is 3.70. The van der Waals surface area contributed by atoms with Crippen LogP contribution < -0.4 is 5.11 Å². The van der Waals surface area contributed by atoms with Crippen LogP contribution in [0.4, 0.5) is 18.0 Å². The molecule has 0 aromatic heterocycles. The third kappa shape index (κ3) is 3.20. The number of fused-ring (bicyclic) bond motifs is 1. The zero-order valence-electron chi connectivity index (χ0n) is 12.5. The number of amides is 1. The molecule has 0 bridgehead atoms. The summed E-state index contributed by atoms with van der Waals surface area (Å²) < 4.78 is 41.8. The molecule has 1 saturated carbocycles. The van der Waals surface area contributed by atoms with Crippen molar-refractivity contribution in [3.05, 3.63) is 11.8 Å². The van der Waals surface area contributed by atoms with E-state index in [1.54, 1.807) is 20.8 Å². The number of halogens is 3. The fourth-order valence-electron chi connectivity index (χ4n) is 2.67. The van der Waals surface area contributed by atoms with Crippen molar-refractivity contribution in [3.8, 4) is 0 Å². The minimum absolute atomic E-state index is 0.00689. The molecular weight excluding hydrogens is 303 g/mol. The average molecular weight is 320 g/mol. The van der Waals surface area contributed by atoms with Gasteiger partial charge in [0.05, 0.1) is 5.41 Å². The summed E-state index contributed by atoms with van der Waals surface area (Å²) in [6.07, 6.45) is -5.15. The van der Waals surface area contributed by atoms with Gasteiger partial charge in [0, 0.05) is 13.1 Å². The molecule has 0 spiro atoms. The molecule has 8 heteroatoms. The molecular formula is C14H17F3NO4-. The van der Waals surface area contributed by atoms with Gasteiger partial charge in [-0.1, -0.05) is 0 Å². The summed E-state index contributed by atoms with van der Waals surface area (Å²) in [5, 5.41) is 10.9. The number of hydrogen-bond donors (Lipinski definition) is 0. The molecule has 5 nitrogen and oxygen atoms in total.